The lowest BCUT2D eigenvalue weighted by molar-refractivity contribution is 0.0945. The third-order valence-electron chi connectivity index (χ3n) is 3.51. The van der Waals surface area contributed by atoms with Gasteiger partial charge >= 0.3 is 0 Å². The fourth-order valence-corrected chi connectivity index (χ4v) is 2.25. The summed E-state index contributed by atoms with van der Waals surface area (Å²) in [5.41, 5.74) is 0.233. The van der Waals surface area contributed by atoms with E-state index < -0.39 is 5.91 Å². The highest BCUT2D eigenvalue weighted by molar-refractivity contribution is 6.02. The number of carbonyl (C=O) groups excluding carboxylic acids is 2. The van der Waals surface area contributed by atoms with E-state index in [1.807, 2.05) is 12.3 Å². The predicted octanol–water partition coefficient (Wildman–Crippen LogP) is 1.28. The molecule has 0 bridgehead atoms. The molecule has 2 N–H and O–H groups in total. The number of nitrogens with one attached hydrogen (secondary N) is 2. The number of furan rings is 1. The summed E-state index contributed by atoms with van der Waals surface area (Å²) in [6.45, 7) is 1.23. The van der Waals surface area contributed by atoms with Gasteiger partial charge in [-0.15, -0.1) is 0 Å². The van der Waals surface area contributed by atoms with Crippen molar-refractivity contribution in [3.8, 4) is 0 Å². The van der Waals surface area contributed by atoms with Crippen molar-refractivity contribution in [3.05, 3.63) is 54.4 Å². The number of anilines is 1. The molecule has 0 fully saturated rings. The number of rotatable bonds is 7. The Morgan fingerprint density at radius 1 is 1.28 bits per heavy atom. The first kappa shape index (κ1) is 16.5. The van der Waals surface area contributed by atoms with E-state index in [2.05, 4.69) is 20.8 Å². The zero-order valence-corrected chi connectivity index (χ0v) is 13.7. The number of carbonyl (C=O) groups is 2. The third-order valence-corrected chi connectivity index (χ3v) is 3.51. The van der Waals surface area contributed by atoms with Gasteiger partial charge in [-0.1, -0.05) is 0 Å². The van der Waals surface area contributed by atoms with Gasteiger partial charge in [0.25, 0.3) is 11.8 Å². The van der Waals surface area contributed by atoms with Crippen molar-refractivity contribution in [2.75, 3.05) is 11.9 Å². The van der Waals surface area contributed by atoms with Crippen LogP contribution < -0.4 is 10.6 Å². The highest BCUT2D eigenvalue weighted by atomic mass is 16.3. The molecule has 0 unspecified atom stereocenters. The number of hydrogen-bond donors (Lipinski definition) is 2. The molecule has 0 saturated heterocycles. The summed E-state index contributed by atoms with van der Waals surface area (Å²) < 4.78 is 8.26. The third kappa shape index (κ3) is 4.14. The minimum absolute atomic E-state index is 0.186. The van der Waals surface area contributed by atoms with Crippen molar-refractivity contribution in [3.63, 3.8) is 0 Å². The molecule has 0 aliphatic rings. The smallest absolute Gasteiger partial charge is 0.292 e. The molecule has 0 radical (unpaired) electrons. The fraction of sp³-hybridized carbons (Fsp3) is 0.250. The maximum absolute atomic E-state index is 12.1. The lowest BCUT2D eigenvalue weighted by Crippen LogP contribution is -2.25. The van der Waals surface area contributed by atoms with Gasteiger partial charge in [-0.05, 0) is 24.6 Å². The molecule has 25 heavy (non-hydrogen) atoms. The Bertz CT molecular complexity index is 835. The SMILES string of the molecule is Cn1nc(C(=O)NCCCn2cccn2)cc1NC(=O)c1ccco1. The molecular weight excluding hydrogens is 324 g/mol. The van der Waals surface area contributed by atoms with E-state index in [1.165, 1.54) is 17.0 Å². The lowest BCUT2D eigenvalue weighted by Gasteiger charge is -2.03. The minimum Gasteiger partial charge on any atom is -0.459 e. The lowest BCUT2D eigenvalue weighted by atomic mass is 10.3. The van der Waals surface area contributed by atoms with Gasteiger partial charge in [0.15, 0.2) is 11.5 Å². The number of hydrogen-bond acceptors (Lipinski definition) is 5. The summed E-state index contributed by atoms with van der Waals surface area (Å²) in [4.78, 5) is 24.1. The fourth-order valence-electron chi connectivity index (χ4n) is 2.25. The summed E-state index contributed by atoms with van der Waals surface area (Å²) in [7, 11) is 1.65. The van der Waals surface area contributed by atoms with Gasteiger partial charge in [-0.25, -0.2) is 0 Å². The van der Waals surface area contributed by atoms with Crippen LogP contribution in [0, 0.1) is 0 Å². The number of aryl methyl sites for hydroxylation is 2. The number of amides is 2. The number of aromatic nitrogens is 4. The Hall–Kier alpha value is -3.36. The summed E-state index contributed by atoms with van der Waals surface area (Å²) in [6, 6.07) is 6.55. The first-order valence-electron chi connectivity index (χ1n) is 7.78. The van der Waals surface area contributed by atoms with Crippen LogP contribution in [-0.2, 0) is 13.6 Å². The molecule has 0 saturated carbocycles. The Kier molecular flexibility index (Phi) is 4.93. The Balaban J connectivity index is 1.52. The minimum atomic E-state index is -0.404. The first-order chi connectivity index (χ1) is 12.1. The molecule has 0 spiro atoms. The average Bonchev–Trinajstić information content (AvgIpc) is 3.34. The highest BCUT2D eigenvalue weighted by Crippen LogP contribution is 2.11. The van der Waals surface area contributed by atoms with Crippen LogP contribution in [0.25, 0.3) is 0 Å². The molecule has 0 aromatic carbocycles. The van der Waals surface area contributed by atoms with Crippen LogP contribution in [0.5, 0.6) is 0 Å². The summed E-state index contributed by atoms with van der Waals surface area (Å²) in [5.74, 6) is -0.109. The van der Waals surface area contributed by atoms with Crippen LogP contribution in [0.4, 0.5) is 5.82 Å². The second-order valence-corrected chi connectivity index (χ2v) is 5.35. The van der Waals surface area contributed by atoms with E-state index in [0.717, 1.165) is 13.0 Å². The highest BCUT2D eigenvalue weighted by Gasteiger charge is 2.16. The molecule has 3 aromatic heterocycles. The predicted molar refractivity (Wildman–Crippen MR) is 89.0 cm³/mol. The molecule has 2 amide bonds. The van der Waals surface area contributed by atoms with Crippen molar-refractivity contribution in [1.82, 2.24) is 24.9 Å². The standard InChI is InChI=1S/C16H18N6O3/c1-21-14(19-16(24)13-5-2-10-25-13)11-12(20-21)15(23)17-6-3-8-22-9-4-7-18-22/h2,4-5,7,9-11H,3,6,8H2,1H3,(H,17,23)(H,19,24). The summed E-state index contributed by atoms with van der Waals surface area (Å²) >= 11 is 0. The molecular formula is C16H18N6O3. The van der Waals surface area contributed by atoms with Gasteiger partial charge in [0.05, 0.1) is 6.26 Å². The van der Waals surface area contributed by atoms with Crippen LogP contribution in [0.2, 0.25) is 0 Å². The molecule has 9 heteroatoms. The second kappa shape index (κ2) is 7.47. The van der Waals surface area contributed by atoms with Gasteiger partial charge in [-0.2, -0.15) is 10.2 Å². The van der Waals surface area contributed by atoms with Crippen LogP contribution in [0.15, 0.2) is 47.3 Å². The average molecular weight is 342 g/mol. The molecule has 3 heterocycles. The Morgan fingerprint density at radius 3 is 2.88 bits per heavy atom. The Morgan fingerprint density at radius 2 is 2.16 bits per heavy atom. The van der Waals surface area contributed by atoms with Crippen LogP contribution in [-0.4, -0.2) is 37.9 Å². The topological polar surface area (TPSA) is 107 Å². The molecule has 9 nitrogen and oxygen atoms in total. The van der Waals surface area contributed by atoms with E-state index in [9.17, 15) is 9.59 Å². The van der Waals surface area contributed by atoms with Crippen LogP contribution >= 0.6 is 0 Å². The van der Waals surface area contributed by atoms with Gasteiger partial charge in [0, 0.05) is 38.6 Å². The van der Waals surface area contributed by atoms with Gasteiger partial charge in [0.1, 0.15) is 5.82 Å². The first-order valence-corrected chi connectivity index (χ1v) is 7.78. The molecule has 3 rings (SSSR count). The van der Waals surface area contributed by atoms with Gasteiger partial charge in [0.2, 0.25) is 0 Å². The monoisotopic (exact) mass is 342 g/mol. The quantitative estimate of drug-likeness (QED) is 0.629. The molecule has 130 valence electrons. The summed E-state index contributed by atoms with van der Waals surface area (Å²) in [5, 5.41) is 13.7. The van der Waals surface area contributed by atoms with Gasteiger partial charge in [-0.3, -0.25) is 19.0 Å². The van der Waals surface area contributed by atoms with Crippen molar-refractivity contribution < 1.29 is 14.0 Å². The van der Waals surface area contributed by atoms with Gasteiger partial charge < -0.3 is 15.1 Å². The largest absolute Gasteiger partial charge is 0.459 e. The normalized spacial score (nSPS) is 10.6. The van der Waals surface area contributed by atoms with E-state index in [0.29, 0.717) is 12.4 Å². The maximum Gasteiger partial charge on any atom is 0.292 e. The number of nitrogens with zero attached hydrogens (tertiary/aromatic N) is 4. The second-order valence-electron chi connectivity index (χ2n) is 5.35. The van der Waals surface area contributed by atoms with Crippen LogP contribution in [0.3, 0.4) is 0 Å². The van der Waals surface area contributed by atoms with E-state index in [4.69, 9.17) is 4.42 Å². The van der Waals surface area contributed by atoms with Crippen molar-refractivity contribution in [1.29, 1.82) is 0 Å². The van der Waals surface area contributed by atoms with Crippen molar-refractivity contribution in [2.24, 2.45) is 7.05 Å². The summed E-state index contributed by atoms with van der Waals surface area (Å²) in [6.07, 6.45) is 5.75. The molecule has 0 aliphatic heterocycles. The van der Waals surface area contributed by atoms with E-state index in [1.54, 1.807) is 30.1 Å². The van der Waals surface area contributed by atoms with E-state index in [-0.39, 0.29) is 17.4 Å². The zero-order chi connectivity index (χ0) is 17.6. The Labute approximate surface area is 143 Å². The van der Waals surface area contributed by atoms with E-state index >= 15 is 0 Å². The zero-order valence-electron chi connectivity index (χ0n) is 13.7. The molecule has 3 aromatic rings. The van der Waals surface area contributed by atoms with Crippen LogP contribution in [0.1, 0.15) is 27.5 Å². The maximum atomic E-state index is 12.1. The van der Waals surface area contributed by atoms with Crippen molar-refractivity contribution >= 4 is 17.6 Å². The molecule has 0 atom stereocenters. The molecule has 0 aliphatic carbocycles. The van der Waals surface area contributed by atoms with Crippen molar-refractivity contribution in [2.45, 2.75) is 13.0 Å².